The van der Waals surface area contributed by atoms with Crippen molar-refractivity contribution in [2.24, 2.45) is 0 Å². The van der Waals surface area contributed by atoms with Crippen LogP contribution in [0.3, 0.4) is 0 Å². The highest BCUT2D eigenvalue weighted by atomic mass is 127. The van der Waals surface area contributed by atoms with Crippen molar-refractivity contribution in [2.75, 3.05) is 6.61 Å². The van der Waals surface area contributed by atoms with Gasteiger partial charge < -0.3 is 23.5 Å². The summed E-state index contributed by atoms with van der Waals surface area (Å²) in [5, 5.41) is 0. The summed E-state index contributed by atoms with van der Waals surface area (Å²) < 4.78 is 57.6. The first-order valence-corrected chi connectivity index (χ1v) is 16.0. The molecule has 3 rings (SSSR count). The maximum Gasteiger partial charge on any atom is 0.348 e. The molecule has 14 heteroatoms. The Kier molecular flexibility index (Phi) is 11.2. The molecule has 0 saturated heterocycles. The molecular formula is C27H20I3O10S-. The lowest BCUT2D eigenvalue weighted by Crippen LogP contribution is -2.29. The molecule has 0 radical (unpaired) electrons. The molecule has 0 saturated carbocycles. The molecule has 0 aliphatic rings. The molecule has 0 aromatic heterocycles. The zero-order valence-electron chi connectivity index (χ0n) is 21.3. The van der Waals surface area contributed by atoms with Gasteiger partial charge in [-0.25, -0.2) is 22.8 Å². The van der Waals surface area contributed by atoms with E-state index in [0.29, 0.717) is 0 Å². The SMILES string of the molecule is C=CC(C)(C)OC(=O)COc1cccc(C(=O)Oc2ccc(I)cc2)c1C(=O)Oc1cc(I)c(S(=O)(=O)[O-])c(I)c1. The lowest BCUT2D eigenvalue weighted by atomic mass is 10.1. The minimum Gasteiger partial charge on any atom is -0.744 e. The number of rotatable bonds is 10. The van der Waals surface area contributed by atoms with Gasteiger partial charge in [-0.3, -0.25) is 0 Å². The van der Waals surface area contributed by atoms with E-state index in [1.807, 2.05) is 0 Å². The zero-order valence-corrected chi connectivity index (χ0v) is 28.6. The fourth-order valence-corrected chi connectivity index (χ4v) is 7.47. The Morgan fingerprint density at radius 2 is 1.51 bits per heavy atom. The highest BCUT2D eigenvalue weighted by molar-refractivity contribution is 14.1. The summed E-state index contributed by atoms with van der Waals surface area (Å²) >= 11 is 5.37. The summed E-state index contributed by atoms with van der Waals surface area (Å²) in [7, 11) is -4.79. The fourth-order valence-electron chi connectivity index (χ4n) is 3.19. The van der Waals surface area contributed by atoms with Crippen molar-refractivity contribution < 1.29 is 46.3 Å². The van der Waals surface area contributed by atoms with Crippen molar-refractivity contribution in [3.63, 3.8) is 0 Å². The topological polar surface area (TPSA) is 145 Å². The number of halogens is 3. The number of hydrogen-bond acceptors (Lipinski definition) is 10. The maximum atomic E-state index is 13.5. The third-order valence-corrected chi connectivity index (χ3v) is 9.21. The third kappa shape index (κ3) is 9.10. The molecule has 0 aliphatic carbocycles. The van der Waals surface area contributed by atoms with Gasteiger partial charge in [0.2, 0.25) is 0 Å². The van der Waals surface area contributed by atoms with Crippen LogP contribution in [0.2, 0.25) is 0 Å². The molecule has 0 fully saturated rings. The van der Waals surface area contributed by atoms with E-state index in [0.717, 1.165) is 3.57 Å². The highest BCUT2D eigenvalue weighted by Crippen LogP contribution is 2.31. The first-order chi connectivity index (χ1) is 19.1. The molecule has 0 bridgehead atoms. The van der Waals surface area contributed by atoms with E-state index in [9.17, 15) is 27.4 Å². The molecular weight excluding hydrogens is 897 g/mol. The van der Waals surface area contributed by atoms with Crippen LogP contribution in [0.25, 0.3) is 0 Å². The summed E-state index contributed by atoms with van der Waals surface area (Å²) in [6.45, 7) is 6.23. The van der Waals surface area contributed by atoms with E-state index in [2.05, 4.69) is 29.2 Å². The van der Waals surface area contributed by atoms with Gasteiger partial charge >= 0.3 is 17.9 Å². The third-order valence-electron chi connectivity index (χ3n) is 5.12. The molecule has 0 amide bonds. The van der Waals surface area contributed by atoms with E-state index < -0.39 is 45.1 Å². The van der Waals surface area contributed by atoms with E-state index >= 15 is 0 Å². The van der Waals surface area contributed by atoms with Gasteiger partial charge in [0.1, 0.15) is 38.5 Å². The summed E-state index contributed by atoms with van der Waals surface area (Å²) in [6.07, 6.45) is 1.43. The second kappa shape index (κ2) is 13.8. The summed E-state index contributed by atoms with van der Waals surface area (Å²) in [5.41, 5.74) is -1.56. The van der Waals surface area contributed by atoms with Crippen LogP contribution in [-0.2, 0) is 19.6 Å². The van der Waals surface area contributed by atoms with Crippen molar-refractivity contribution in [2.45, 2.75) is 24.3 Å². The summed E-state index contributed by atoms with van der Waals surface area (Å²) in [4.78, 5) is 38.5. The number of ether oxygens (including phenoxy) is 4. The first-order valence-electron chi connectivity index (χ1n) is 11.4. The molecule has 41 heavy (non-hydrogen) atoms. The Hall–Kier alpha value is -2.29. The number of hydrogen-bond donors (Lipinski definition) is 0. The van der Waals surface area contributed by atoms with Gasteiger partial charge in [0.15, 0.2) is 6.61 Å². The monoisotopic (exact) mass is 917 g/mol. The van der Waals surface area contributed by atoms with Crippen molar-refractivity contribution in [1.29, 1.82) is 0 Å². The van der Waals surface area contributed by atoms with Crippen LogP contribution in [0.1, 0.15) is 34.6 Å². The second-order valence-corrected chi connectivity index (χ2v) is 13.5. The number of carbonyl (C=O) groups excluding carboxylic acids is 3. The number of carbonyl (C=O) groups is 3. The maximum absolute atomic E-state index is 13.5. The lowest BCUT2D eigenvalue weighted by molar-refractivity contribution is -0.154. The summed E-state index contributed by atoms with van der Waals surface area (Å²) in [5.74, 6) is -2.80. The van der Waals surface area contributed by atoms with Gasteiger partial charge in [0.05, 0.1) is 10.5 Å². The van der Waals surface area contributed by atoms with Crippen LogP contribution < -0.4 is 14.2 Å². The van der Waals surface area contributed by atoms with E-state index in [4.69, 9.17) is 18.9 Å². The normalized spacial score (nSPS) is 11.4. The molecule has 216 valence electrons. The smallest absolute Gasteiger partial charge is 0.348 e. The predicted octanol–water partition coefficient (Wildman–Crippen LogP) is 5.73. The van der Waals surface area contributed by atoms with E-state index in [-0.39, 0.29) is 35.5 Å². The predicted molar refractivity (Wildman–Crippen MR) is 171 cm³/mol. The molecule has 10 nitrogen and oxygen atoms in total. The van der Waals surface area contributed by atoms with Gasteiger partial charge in [0, 0.05) is 10.7 Å². The molecule has 0 aliphatic heterocycles. The zero-order chi connectivity index (χ0) is 30.5. The first kappa shape index (κ1) is 33.2. The average Bonchev–Trinajstić information content (AvgIpc) is 2.87. The van der Waals surface area contributed by atoms with Gasteiger partial charge in [-0.2, -0.15) is 0 Å². The Balaban J connectivity index is 2.00. The van der Waals surface area contributed by atoms with Crippen LogP contribution >= 0.6 is 67.8 Å². The Labute approximate surface area is 276 Å². The minimum absolute atomic E-state index is 0.0303. The van der Waals surface area contributed by atoms with Crippen molar-refractivity contribution in [1.82, 2.24) is 0 Å². The van der Waals surface area contributed by atoms with Crippen LogP contribution in [-0.4, -0.2) is 43.1 Å². The van der Waals surface area contributed by atoms with Crippen molar-refractivity contribution >= 4 is 95.8 Å². The van der Waals surface area contributed by atoms with Gasteiger partial charge in [-0.15, -0.1) is 0 Å². The minimum atomic E-state index is -4.79. The molecule has 0 heterocycles. The Bertz CT molecular complexity index is 1590. The number of benzene rings is 3. The standard InChI is InChI=1S/C27H21I3O10S/c1-4-27(2,3)40-22(31)14-37-21-7-5-6-18(25(32)38-16-10-8-15(28)9-11-16)23(21)26(33)39-17-12-19(29)24(20(30)13-17)41(34,35)36/h4-13H,1,14H2,2-3H3,(H,34,35,36)/p-1. The second-order valence-electron chi connectivity index (χ2n) is 8.65. The molecule has 0 atom stereocenters. The fraction of sp³-hybridized carbons (Fsp3) is 0.148. The molecule has 0 N–H and O–H groups in total. The molecule has 3 aromatic carbocycles. The van der Waals surface area contributed by atoms with Crippen LogP contribution in [0, 0.1) is 10.7 Å². The van der Waals surface area contributed by atoms with Gasteiger partial charge in [-0.1, -0.05) is 12.6 Å². The van der Waals surface area contributed by atoms with Crippen LogP contribution in [0.4, 0.5) is 0 Å². The quantitative estimate of drug-likeness (QED) is 0.0814. The van der Waals surface area contributed by atoms with Crippen LogP contribution in [0.5, 0.6) is 17.2 Å². The van der Waals surface area contributed by atoms with Crippen LogP contribution in [0.15, 0.2) is 72.1 Å². The Morgan fingerprint density at radius 3 is 2.07 bits per heavy atom. The number of esters is 3. The average molecular weight is 917 g/mol. The van der Waals surface area contributed by atoms with E-state index in [1.54, 1.807) is 83.3 Å². The molecule has 3 aromatic rings. The van der Waals surface area contributed by atoms with Crippen molar-refractivity contribution in [3.05, 3.63) is 89.1 Å². The molecule has 0 spiro atoms. The lowest BCUT2D eigenvalue weighted by Gasteiger charge is -2.21. The van der Waals surface area contributed by atoms with E-state index in [1.165, 1.54) is 36.4 Å². The highest BCUT2D eigenvalue weighted by Gasteiger charge is 2.27. The van der Waals surface area contributed by atoms with Crippen molar-refractivity contribution in [3.8, 4) is 17.2 Å². The largest absolute Gasteiger partial charge is 0.744 e. The molecule has 0 unspecified atom stereocenters. The Morgan fingerprint density at radius 1 is 0.927 bits per heavy atom. The van der Waals surface area contributed by atoms with Gasteiger partial charge in [-0.05, 0) is 136 Å². The van der Waals surface area contributed by atoms with Gasteiger partial charge in [0.25, 0.3) is 0 Å². The summed E-state index contributed by atoms with van der Waals surface area (Å²) in [6, 6.07) is 13.1.